The summed E-state index contributed by atoms with van der Waals surface area (Å²) >= 11 is 1.66. The number of rotatable bonds is 3. The van der Waals surface area contributed by atoms with Crippen molar-refractivity contribution in [2.24, 2.45) is 0 Å². The minimum Gasteiger partial charge on any atom is -0.479 e. The van der Waals surface area contributed by atoms with Crippen LogP contribution in [0.25, 0.3) is 11.2 Å². The summed E-state index contributed by atoms with van der Waals surface area (Å²) in [4.78, 5) is 18.3. The van der Waals surface area contributed by atoms with Crippen molar-refractivity contribution in [3.05, 3.63) is 21.9 Å². The summed E-state index contributed by atoms with van der Waals surface area (Å²) in [5.41, 5.74) is 8.33. The second-order valence-corrected chi connectivity index (χ2v) is 5.99. The number of aromatic nitrogens is 5. The topological polar surface area (TPSA) is 91.7 Å². The number of anilines is 1. The van der Waals surface area contributed by atoms with Crippen molar-refractivity contribution in [1.29, 1.82) is 0 Å². The molecule has 0 fully saturated rings. The highest BCUT2D eigenvalue weighted by atomic mass is 32.1. The summed E-state index contributed by atoms with van der Waals surface area (Å²) in [5, 5.41) is 1.03. The molecular formula is C13H16N6OS. The van der Waals surface area contributed by atoms with Crippen LogP contribution in [0.15, 0.2) is 6.33 Å². The van der Waals surface area contributed by atoms with Crippen LogP contribution in [0.5, 0.6) is 5.88 Å². The average molecular weight is 304 g/mol. The van der Waals surface area contributed by atoms with E-state index in [9.17, 15) is 0 Å². The SMILES string of the molecule is COc1ncnc2c1nc(N)n2C(C)c1sc(C)nc1C. The Morgan fingerprint density at radius 2 is 2.05 bits per heavy atom. The number of fused-ring (bicyclic) bond motifs is 1. The molecule has 0 bridgehead atoms. The number of imidazole rings is 1. The van der Waals surface area contributed by atoms with E-state index in [4.69, 9.17) is 10.5 Å². The van der Waals surface area contributed by atoms with Gasteiger partial charge in [0.2, 0.25) is 11.8 Å². The minimum atomic E-state index is 0.000746. The van der Waals surface area contributed by atoms with E-state index >= 15 is 0 Å². The van der Waals surface area contributed by atoms with Gasteiger partial charge in [-0.15, -0.1) is 11.3 Å². The lowest BCUT2D eigenvalue weighted by Gasteiger charge is -2.14. The number of nitrogens with zero attached hydrogens (tertiary/aromatic N) is 5. The summed E-state index contributed by atoms with van der Waals surface area (Å²) in [6.45, 7) is 6.06. The molecule has 3 rings (SSSR count). The molecule has 3 aromatic heterocycles. The molecule has 0 aliphatic rings. The molecule has 3 aromatic rings. The fourth-order valence-corrected chi connectivity index (χ4v) is 3.46. The highest BCUT2D eigenvalue weighted by Gasteiger charge is 2.22. The molecule has 2 N–H and O–H groups in total. The Kier molecular flexibility index (Phi) is 3.25. The largest absolute Gasteiger partial charge is 0.479 e. The van der Waals surface area contributed by atoms with Gasteiger partial charge < -0.3 is 10.5 Å². The van der Waals surface area contributed by atoms with Gasteiger partial charge in [0.25, 0.3) is 0 Å². The van der Waals surface area contributed by atoms with Crippen molar-refractivity contribution >= 4 is 28.4 Å². The zero-order valence-corrected chi connectivity index (χ0v) is 13.1. The van der Waals surface area contributed by atoms with E-state index in [-0.39, 0.29) is 6.04 Å². The van der Waals surface area contributed by atoms with Gasteiger partial charge in [0, 0.05) is 0 Å². The lowest BCUT2D eigenvalue weighted by Crippen LogP contribution is -2.10. The second kappa shape index (κ2) is 4.96. The minimum absolute atomic E-state index is 0.000746. The van der Waals surface area contributed by atoms with Crippen LogP contribution in [0.2, 0.25) is 0 Å². The Bertz CT molecular complexity index is 808. The zero-order chi connectivity index (χ0) is 15.1. The van der Waals surface area contributed by atoms with Gasteiger partial charge in [-0.2, -0.15) is 4.98 Å². The third-order valence-corrected chi connectivity index (χ3v) is 4.61. The van der Waals surface area contributed by atoms with E-state index in [1.54, 1.807) is 18.4 Å². The zero-order valence-electron chi connectivity index (χ0n) is 12.3. The molecule has 21 heavy (non-hydrogen) atoms. The first-order valence-corrected chi connectivity index (χ1v) is 7.31. The number of ether oxygens (including phenoxy) is 1. The monoisotopic (exact) mass is 304 g/mol. The van der Waals surface area contributed by atoms with Crippen molar-refractivity contribution in [3.8, 4) is 5.88 Å². The van der Waals surface area contributed by atoms with E-state index in [0.717, 1.165) is 15.6 Å². The molecule has 0 aromatic carbocycles. The molecule has 1 atom stereocenters. The summed E-state index contributed by atoms with van der Waals surface area (Å²) < 4.78 is 7.11. The molecule has 0 spiro atoms. The van der Waals surface area contributed by atoms with Crippen molar-refractivity contribution in [3.63, 3.8) is 0 Å². The van der Waals surface area contributed by atoms with Gasteiger partial charge in [0.1, 0.15) is 6.33 Å². The number of nitrogen functional groups attached to an aromatic ring is 1. The van der Waals surface area contributed by atoms with Crippen molar-refractivity contribution < 1.29 is 4.74 Å². The summed E-state index contributed by atoms with van der Waals surface area (Å²) in [6, 6.07) is 0.000746. The summed E-state index contributed by atoms with van der Waals surface area (Å²) in [6.07, 6.45) is 1.45. The van der Waals surface area contributed by atoms with E-state index in [2.05, 4.69) is 26.9 Å². The van der Waals surface area contributed by atoms with Crippen LogP contribution < -0.4 is 10.5 Å². The first kappa shape index (κ1) is 13.7. The molecule has 0 aliphatic heterocycles. The van der Waals surface area contributed by atoms with Crippen LogP contribution in [0.3, 0.4) is 0 Å². The van der Waals surface area contributed by atoms with Crippen molar-refractivity contribution in [2.45, 2.75) is 26.8 Å². The first-order valence-electron chi connectivity index (χ1n) is 6.49. The summed E-state index contributed by atoms with van der Waals surface area (Å²) in [7, 11) is 1.55. The van der Waals surface area contributed by atoms with E-state index < -0.39 is 0 Å². The van der Waals surface area contributed by atoms with E-state index in [1.807, 2.05) is 18.4 Å². The van der Waals surface area contributed by atoms with E-state index in [1.165, 1.54) is 6.33 Å². The molecule has 8 heteroatoms. The van der Waals surface area contributed by atoms with Gasteiger partial charge in [-0.25, -0.2) is 15.0 Å². The van der Waals surface area contributed by atoms with Crippen LogP contribution in [-0.4, -0.2) is 31.6 Å². The van der Waals surface area contributed by atoms with Crippen LogP contribution in [0, 0.1) is 13.8 Å². The molecule has 0 saturated heterocycles. The Labute approximate surface area is 125 Å². The Morgan fingerprint density at radius 3 is 2.67 bits per heavy atom. The maximum absolute atomic E-state index is 6.08. The number of nitrogens with two attached hydrogens (primary N) is 1. The normalized spacial score (nSPS) is 12.8. The lowest BCUT2D eigenvalue weighted by atomic mass is 10.2. The van der Waals surface area contributed by atoms with Crippen LogP contribution >= 0.6 is 11.3 Å². The number of aryl methyl sites for hydroxylation is 2. The average Bonchev–Trinajstić information content (AvgIpc) is 2.96. The highest BCUT2D eigenvalue weighted by Crippen LogP contribution is 2.33. The number of methoxy groups -OCH3 is 1. The molecule has 7 nitrogen and oxygen atoms in total. The number of hydrogen-bond donors (Lipinski definition) is 1. The molecule has 0 amide bonds. The fourth-order valence-electron chi connectivity index (χ4n) is 2.49. The third-order valence-electron chi connectivity index (χ3n) is 3.37. The maximum atomic E-state index is 6.08. The van der Waals surface area contributed by atoms with Crippen LogP contribution in [0.1, 0.15) is 28.5 Å². The van der Waals surface area contributed by atoms with Crippen LogP contribution in [0.4, 0.5) is 5.95 Å². The Hall–Kier alpha value is -2.22. The summed E-state index contributed by atoms with van der Waals surface area (Å²) in [5.74, 6) is 0.816. The molecule has 1 unspecified atom stereocenters. The van der Waals surface area contributed by atoms with Gasteiger partial charge in [0.15, 0.2) is 11.2 Å². The van der Waals surface area contributed by atoms with Gasteiger partial charge in [-0.1, -0.05) is 0 Å². The third kappa shape index (κ3) is 2.11. The van der Waals surface area contributed by atoms with Gasteiger partial charge in [-0.05, 0) is 20.8 Å². The Balaban J connectivity index is 2.20. The van der Waals surface area contributed by atoms with Crippen molar-refractivity contribution in [1.82, 2.24) is 24.5 Å². The number of thiazole rings is 1. The van der Waals surface area contributed by atoms with Gasteiger partial charge in [0.05, 0.1) is 28.7 Å². The smallest absolute Gasteiger partial charge is 0.245 e. The standard InChI is InChI=1S/C13H16N6OS/c1-6-10(21-8(3)17-6)7(2)19-11-9(18-13(19)14)12(20-4)16-5-15-11/h5,7H,1-4H3,(H2,14,18). The van der Waals surface area contributed by atoms with Crippen LogP contribution in [-0.2, 0) is 0 Å². The number of hydrogen-bond acceptors (Lipinski definition) is 7. The Morgan fingerprint density at radius 1 is 1.29 bits per heavy atom. The lowest BCUT2D eigenvalue weighted by molar-refractivity contribution is 0.401. The molecule has 110 valence electrons. The molecule has 0 aliphatic carbocycles. The fraction of sp³-hybridized carbons (Fsp3) is 0.385. The molecule has 3 heterocycles. The molecular weight excluding hydrogens is 288 g/mol. The van der Waals surface area contributed by atoms with Crippen molar-refractivity contribution in [2.75, 3.05) is 12.8 Å². The first-order chi connectivity index (χ1) is 10.0. The second-order valence-electron chi connectivity index (χ2n) is 4.75. The van der Waals surface area contributed by atoms with Gasteiger partial charge in [-0.3, -0.25) is 4.57 Å². The quantitative estimate of drug-likeness (QED) is 0.796. The highest BCUT2D eigenvalue weighted by molar-refractivity contribution is 7.11. The molecule has 0 radical (unpaired) electrons. The van der Waals surface area contributed by atoms with Gasteiger partial charge >= 0.3 is 0 Å². The molecule has 0 saturated carbocycles. The maximum Gasteiger partial charge on any atom is 0.245 e. The predicted molar refractivity (Wildman–Crippen MR) is 81.7 cm³/mol. The predicted octanol–water partition coefficient (Wildman–Crippen LogP) is 2.10. The van der Waals surface area contributed by atoms with E-state index in [0.29, 0.717) is 23.0 Å².